The molecule has 1 heterocycles. The van der Waals surface area contributed by atoms with Gasteiger partial charge in [0.25, 0.3) is 0 Å². The van der Waals surface area contributed by atoms with Crippen molar-refractivity contribution in [2.75, 3.05) is 6.61 Å². The number of hydrogen-bond donors (Lipinski definition) is 2. The van der Waals surface area contributed by atoms with E-state index in [1.165, 1.54) is 6.42 Å². The largest absolute Gasteiger partial charge is 0.396 e. The Kier molecular flexibility index (Phi) is 4.65. The lowest BCUT2D eigenvalue weighted by atomic mass is 10.1. The van der Waals surface area contributed by atoms with Gasteiger partial charge < -0.3 is 10.4 Å². The minimum Gasteiger partial charge on any atom is -0.396 e. The van der Waals surface area contributed by atoms with Gasteiger partial charge in [0.05, 0.1) is 16.4 Å². The van der Waals surface area contributed by atoms with E-state index < -0.39 is 0 Å². The van der Waals surface area contributed by atoms with Crippen molar-refractivity contribution in [2.24, 2.45) is 5.92 Å². The number of aromatic nitrogens is 2. The van der Waals surface area contributed by atoms with Gasteiger partial charge in [-0.25, -0.2) is 0 Å². The molecular formula is C13H22ClN3O. The molecule has 1 aliphatic rings. The molecule has 0 bridgehead atoms. The lowest BCUT2D eigenvalue weighted by Crippen LogP contribution is -2.34. The summed E-state index contributed by atoms with van der Waals surface area (Å²) in [6.07, 6.45) is 3.46. The molecule has 1 fully saturated rings. The topological polar surface area (TPSA) is 50.1 Å². The average Bonchev–Trinajstić information content (AvgIpc) is 2.93. The summed E-state index contributed by atoms with van der Waals surface area (Å²) in [5.74, 6) is 0.392. The second-order valence-corrected chi connectivity index (χ2v) is 5.40. The minimum atomic E-state index is 0.275. The van der Waals surface area contributed by atoms with Crippen molar-refractivity contribution in [3.05, 3.63) is 16.4 Å². The Labute approximate surface area is 113 Å². The summed E-state index contributed by atoms with van der Waals surface area (Å²) in [6, 6.07) is 0.409. The standard InChI is InChI=1S/C13H22ClN3O/c1-3-17-12(13(14)9(2)16-17)7-15-11-6-4-5-10(11)8-18/h10-11,15,18H,3-8H2,1-2H3. The second-order valence-electron chi connectivity index (χ2n) is 5.02. The van der Waals surface area contributed by atoms with Gasteiger partial charge in [0, 0.05) is 25.7 Å². The smallest absolute Gasteiger partial charge is 0.0860 e. The fourth-order valence-corrected chi connectivity index (χ4v) is 2.99. The molecule has 0 amide bonds. The highest BCUT2D eigenvalue weighted by molar-refractivity contribution is 6.31. The van der Waals surface area contributed by atoms with E-state index in [-0.39, 0.29) is 6.61 Å². The van der Waals surface area contributed by atoms with E-state index in [2.05, 4.69) is 17.3 Å². The first-order valence-corrected chi connectivity index (χ1v) is 7.11. The Morgan fingerprint density at radius 2 is 2.28 bits per heavy atom. The highest BCUT2D eigenvalue weighted by atomic mass is 35.5. The SMILES string of the molecule is CCn1nc(C)c(Cl)c1CNC1CCCC1CO. The lowest BCUT2D eigenvalue weighted by Gasteiger charge is -2.19. The van der Waals surface area contributed by atoms with E-state index in [0.29, 0.717) is 12.0 Å². The summed E-state index contributed by atoms with van der Waals surface area (Å²) >= 11 is 6.28. The summed E-state index contributed by atoms with van der Waals surface area (Å²) in [5.41, 5.74) is 1.95. The number of halogens is 1. The van der Waals surface area contributed by atoms with Crippen molar-refractivity contribution >= 4 is 11.6 Å². The summed E-state index contributed by atoms with van der Waals surface area (Å²) in [4.78, 5) is 0. The van der Waals surface area contributed by atoms with Crippen LogP contribution in [-0.4, -0.2) is 27.5 Å². The van der Waals surface area contributed by atoms with Crippen LogP contribution in [0.2, 0.25) is 5.02 Å². The van der Waals surface area contributed by atoms with Gasteiger partial charge in [0.2, 0.25) is 0 Å². The molecule has 1 saturated carbocycles. The third-order valence-electron chi connectivity index (χ3n) is 3.88. The van der Waals surface area contributed by atoms with Gasteiger partial charge in [-0.05, 0) is 32.6 Å². The monoisotopic (exact) mass is 271 g/mol. The molecule has 0 saturated heterocycles. The fourth-order valence-electron chi connectivity index (χ4n) is 2.79. The van der Waals surface area contributed by atoms with Gasteiger partial charge >= 0.3 is 0 Å². The molecule has 18 heavy (non-hydrogen) atoms. The Hall–Kier alpha value is -0.580. The quantitative estimate of drug-likeness (QED) is 0.862. The van der Waals surface area contributed by atoms with Crippen LogP contribution in [0.4, 0.5) is 0 Å². The van der Waals surface area contributed by atoms with Crippen LogP contribution >= 0.6 is 11.6 Å². The molecule has 1 aromatic rings. The van der Waals surface area contributed by atoms with Crippen molar-refractivity contribution in [1.29, 1.82) is 0 Å². The van der Waals surface area contributed by atoms with Gasteiger partial charge in [0.1, 0.15) is 0 Å². The van der Waals surface area contributed by atoms with Crippen LogP contribution in [0, 0.1) is 12.8 Å². The summed E-state index contributed by atoms with van der Waals surface area (Å²) in [7, 11) is 0. The van der Waals surface area contributed by atoms with E-state index in [4.69, 9.17) is 11.6 Å². The fraction of sp³-hybridized carbons (Fsp3) is 0.769. The van der Waals surface area contributed by atoms with Crippen molar-refractivity contribution in [2.45, 2.75) is 52.2 Å². The lowest BCUT2D eigenvalue weighted by molar-refractivity contribution is 0.204. The molecule has 2 N–H and O–H groups in total. The third kappa shape index (κ3) is 2.71. The molecule has 2 rings (SSSR count). The number of aliphatic hydroxyl groups is 1. The molecule has 2 atom stereocenters. The highest BCUT2D eigenvalue weighted by Crippen LogP contribution is 2.26. The van der Waals surface area contributed by atoms with E-state index in [1.54, 1.807) is 0 Å². The molecule has 0 spiro atoms. The predicted octanol–water partition coefficient (Wildman–Crippen LogP) is 2.12. The van der Waals surface area contributed by atoms with Crippen LogP contribution in [0.1, 0.15) is 37.6 Å². The normalized spacial score (nSPS) is 23.8. The van der Waals surface area contributed by atoms with Crippen LogP contribution in [-0.2, 0) is 13.1 Å². The first-order valence-electron chi connectivity index (χ1n) is 6.73. The van der Waals surface area contributed by atoms with E-state index >= 15 is 0 Å². The zero-order chi connectivity index (χ0) is 13.1. The van der Waals surface area contributed by atoms with Gasteiger partial charge in [-0.2, -0.15) is 5.10 Å². The first-order chi connectivity index (χ1) is 8.67. The molecule has 1 aromatic heterocycles. The number of aryl methyl sites for hydroxylation is 2. The maximum Gasteiger partial charge on any atom is 0.0860 e. The molecule has 2 unspecified atom stereocenters. The van der Waals surface area contributed by atoms with E-state index in [1.807, 2.05) is 11.6 Å². The second kappa shape index (κ2) is 6.04. The Morgan fingerprint density at radius 3 is 2.94 bits per heavy atom. The van der Waals surface area contributed by atoms with Gasteiger partial charge in [-0.3, -0.25) is 4.68 Å². The van der Waals surface area contributed by atoms with Crippen LogP contribution in [0.5, 0.6) is 0 Å². The minimum absolute atomic E-state index is 0.275. The molecule has 1 aliphatic carbocycles. The number of hydrogen-bond acceptors (Lipinski definition) is 3. The first kappa shape index (κ1) is 13.8. The Morgan fingerprint density at radius 1 is 1.50 bits per heavy atom. The van der Waals surface area contributed by atoms with E-state index in [9.17, 15) is 5.11 Å². The zero-order valence-corrected chi connectivity index (χ0v) is 11.9. The van der Waals surface area contributed by atoms with Crippen LogP contribution in [0.15, 0.2) is 0 Å². The molecule has 102 valence electrons. The number of nitrogens with zero attached hydrogens (tertiary/aromatic N) is 2. The van der Waals surface area contributed by atoms with Gasteiger partial charge in [-0.15, -0.1) is 0 Å². The number of rotatable bonds is 5. The zero-order valence-electron chi connectivity index (χ0n) is 11.1. The molecule has 5 heteroatoms. The molecular weight excluding hydrogens is 250 g/mol. The number of nitrogens with one attached hydrogen (secondary N) is 1. The Balaban J connectivity index is 2.01. The molecule has 4 nitrogen and oxygen atoms in total. The summed E-state index contributed by atoms with van der Waals surface area (Å²) < 4.78 is 1.95. The number of aliphatic hydroxyl groups excluding tert-OH is 1. The Bertz CT molecular complexity index is 405. The van der Waals surface area contributed by atoms with Gasteiger partial charge in [-0.1, -0.05) is 18.0 Å². The average molecular weight is 272 g/mol. The maximum atomic E-state index is 9.31. The molecule has 0 aliphatic heterocycles. The van der Waals surface area contributed by atoms with Crippen molar-refractivity contribution < 1.29 is 5.11 Å². The summed E-state index contributed by atoms with van der Waals surface area (Å²) in [5, 5.41) is 18.0. The van der Waals surface area contributed by atoms with E-state index in [0.717, 1.165) is 42.3 Å². The maximum absolute atomic E-state index is 9.31. The third-order valence-corrected chi connectivity index (χ3v) is 4.37. The van der Waals surface area contributed by atoms with Crippen LogP contribution in [0.25, 0.3) is 0 Å². The van der Waals surface area contributed by atoms with Crippen LogP contribution < -0.4 is 5.32 Å². The van der Waals surface area contributed by atoms with Crippen molar-refractivity contribution in [3.8, 4) is 0 Å². The van der Waals surface area contributed by atoms with Crippen molar-refractivity contribution in [3.63, 3.8) is 0 Å². The van der Waals surface area contributed by atoms with Crippen molar-refractivity contribution in [1.82, 2.24) is 15.1 Å². The highest BCUT2D eigenvalue weighted by Gasteiger charge is 2.26. The molecule has 0 aromatic carbocycles. The predicted molar refractivity (Wildman–Crippen MR) is 72.7 cm³/mol. The molecule has 0 radical (unpaired) electrons. The van der Waals surface area contributed by atoms with Gasteiger partial charge in [0.15, 0.2) is 0 Å². The van der Waals surface area contributed by atoms with Crippen LogP contribution in [0.3, 0.4) is 0 Å². The summed E-state index contributed by atoms with van der Waals surface area (Å²) in [6.45, 7) is 5.84.